The molecule has 0 bridgehead atoms. The van der Waals surface area contributed by atoms with E-state index in [1.54, 1.807) is 0 Å². The summed E-state index contributed by atoms with van der Waals surface area (Å²) in [4.78, 5) is 0. The van der Waals surface area contributed by atoms with Crippen LogP contribution in [0.2, 0.25) is 0 Å². The molecule has 0 nitrogen and oxygen atoms in total. The molecule has 0 aliphatic carbocycles. The summed E-state index contributed by atoms with van der Waals surface area (Å²) in [5.41, 5.74) is 2.47. The van der Waals surface area contributed by atoms with E-state index < -0.39 is 0 Å². The van der Waals surface area contributed by atoms with Gasteiger partial charge in [0.15, 0.2) is 0 Å². The maximum Gasteiger partial charge on any atom is 0.0194 e. The highest BCUT2D eigenvalue weighted by Gasteiger charge is 1.84. The van der Waals surface area contributed by atoms with Crippen LogP contribution in [0.25, 0.3) is 12.2 Å². The molecule has 0 aromatic heterocycles. The second kappa shape index (κ2) is 9.41. The quantitative estimate of drug-likeness (QED) is 0.594. The number of rotatable bonds is 2. The minimum absolute atomic E-state index is 1.23. The zero-order chi connectivity index (χ0) is 13.6. The number of benzene rings is 2. The van der Waals surface area contributed by atoms with Gasteiger partial charge in [-0.3, -0.25) is 0 Å². The lowest BCUT2D eigenvalue weighted by Gasteiger charge is -1.92. The molecular formula is C17H22. The summed E-state index contributed by atoms with van der Waals surface area (Å²) in [6.45, 7) is 4.00. The van der Waals surface area contributed by atoms with E-state index in [9.17, 15) is 0 Å². The Hall–Kier alpha value is -1.82. The van der Waals surface area contributed by atoms with Gasteiger partial charge in [-0.2, -0.15) is 0 Å². The summed E-state index contributed by atoms with van der Waals surface area (Å²) in [6.07, 6.45) is 4.24. The first-order valence-corrected chi connectivity index (χ1v) is 5.73. The predicted octanol–water partition coefficient (Wildman–Crippen LogP) is 5.52. The molecule has 0 atom stereocenters. The van der Waals surface area contributed by atoms with Crippen LogP contribution in [0, 0.1) is 0 Å². The summed E-state index contributed by atoms with van der Waals surface area (Å²) < 4.78 is 5.75. The van der Waals surface area contributed by atoms with Crippen molar-refractivity contribution in [1.29, 1.82) is 0 Å². The smallest absolute Gasteiger partial charge is 0.0194 e. The van der Waals surface area contributed by atoms with Crippen LogP contribution in [0.1, 0.15) is 33.7 Å². The fraction of sp³-hybridized carbons (Fsp3) is 0.176. The fourth-order valence-electron chi connectivity index (χ4n) is 1.32. The third kappa shape index (κ3) is 5.72. The van der Waals surface area contributed by atoms with Crippen molar-refractivity contribution in [3.63, 3.8) is 0 Å². The molecule has 0 aliphatic heterocycles. The minimum atomic E-state index is 1.23. The van der Waals surface area contributed by atoms with Crippen LogP contribution in [0.4, 0.5) is 0 Å². The standard InChI is InChI=1S/C14H12.C2H6.CH4/c1-3-7-13(8-4-1)11-12-14-9-5-2-6-10-14;1-2;/h1-12H;1-2H3;1H4/i;;1T. The Kier molecular flexibility index (Phi) is 7.33. The lowest BCUT2D eigenvalue weighted by Crippen LogP contribution is -1.70. The van der Waals surface area contributed by atoms with E-state index in [0.29, 0.717) is 0 Å². The average Bonchev–Trinajstić information content (AvgIpc) is 2.51. The van der Waals surface area contributed by atoms with Crippen LogP contribution in [0.3, 0.4) is 0 Å². The first-order valence-electron chi connectivity index (χ1n) is 6.73. The monoisotopic (exact) mass is 228 g/mol. The molecule has 0 saturated heterocycles. The predicted molar refractivity (Wildman–Crippen MR) is 79.9 cm³/mol. The normalized spacial score (nSPS) is 9.47. The first kappa shape index (κ1) is 13.2. The van der Waals surface area contributed by atoms with Crippen molar-refractivity contribution in [3.05, 3.63) is 71.8 Å². The number of hydrogen-bond acceptors (Lipinski definition) is 0. The highest BCUT2D eigenvalue weighted by Crippen LogP contribution is 2.06. The molecule has 0 heteroatoms. The van der Waals surface area contributed by atoms with Crippen LogP contribution in [-0.2, 0) is 0 Å². The number of hydrogen-bond donors (Lipinski definition) is 0. The molecule has 0 aliphatic rings. The van der Waals surface area contributed by atoms with Crippen molar-refractivity contribution in [1.82, 2.24) is 0 Å². The molecule has 0 radical (unpaired) electrons. The summed E-state index contributed by atoms with van der Waals surface area (Å²) in [5, 5.41) is 0. The molecule has 0 N–H and O–H groups in total. The summed E-state index contributed by atoms with van der Waals surface area (Å²) in [7, 11) is 1.25. The topological polar surface area (TPSA) is 0 Å². The van der Waals surface area contributed by atoms with Crippen molar-refractivity contribution >= 4 is 12.2 Å². The molecule has 2 aromatic rings. The van der Waals surface area contributed by atoms with E-state index in [2.05, 4.69) is 36.4 Å². The Labute approximate surface area is 107 Å². The van der Waals surface area contributed by atoms with Crippen molar-refractivity contribution in [2.45, 2.75) is 21.3 Å². The second-order valence-electron chi connectivity index (χ2n) is 3.15. The van der Waals surface area contributed by atoms with Gasteiger partial charge in [-0.15, -0.1) is 0 Å². The van der Waals surface area contributed by atoms with E-state index in [0.717, 1.165) is 0 Å². The molecule has 17 heavy (non-hydrogen) atoms. The van der Waals surface area contributed by atoms with Gasteiger partial charge in [-0.1, -0.05) is 94.1 Å². The fourth-order valence-corrected chi connectivity index (χ4v) is 1.32. The molecule has 0 amide bonds. The molecule has 2 rings (SSSR count). The van der Waals surface area contributed by atoms with Gasteiger partial charge in [-0.05, 0) is 11.1 Å². The van der Waals surface area contributed by atoms with Gasteiger partial charge < -0.3 is 0 Å². The summed E-state index contributed by atoms with van der Waals surface area (Å²) >= 11 is 0. The maximum absolute atomic E-state index is 5.75. The third-order valence-corrected chi connectivity index (χ3v) is 2.07. The van der Waals surface area contributed by atoms with Crippen LogP contribution in [0.5, 0.6) is 0 Å². The Balaban J connectivity index is 0.000000659. The second-order valence-corrected chi connectivity index (χ2v) is 3.15. The molecule has 0 unspecified atom stereocenters. The van der Waals surface area contributed by atoms with Crippen molar-refractivity contribution < 1.29 is 1.37 Å². The van der Waals surface area contributed by atoms with Crippen molar-refractivity contribution in [2.75, 3.05) is 0 Å². The van der Waals surface area contributed by atoms with E-state index in [-0.39, 0.29) is 0 Å². The van der Waals surface area contributed by atoms with Gasteiger partial charge in [0.2, 0.25) is 0 Å². The minimum Gasteiger partial charge on any atom is -0.0776 e. The van der Waals surface area contributed by atoms with Crippen LogP contribution in [-0.4, -0.2) is 0 Å². The van der Waals surface area contributed by atoms with Gasteiger partial charge in [-0.25, -0.2) is 0 Å². The SMILES string of the molecule is C(=Cc1ccccc1)c1ccccc1.CC.[3H]C. The summed E-state index contributed by atoms with van der Waals surface area (Å²) in [6, 6.07) is 20.6. The van der Waals surface area contributed by atoms with Gasteiger partial charge in [0.1, 0.15) is 0 Å². The van der Waals surface area contributed by atoms with E-state index >= 15 is 0 Å². The Bertz CT molecular complexity index is 363. The van der Waals surface area contributed by atoms with Gasteiger partial charge in [0, 0.05) is 1.37 Å². The van der Waals surface area contributed by atoms with E-state index in [1.807, 2.05) is 50.2 Å². The molecule has 90 valence electrons. The lowest BCUT2D eigenvalue weighted by molar-refractivity contribution is 1.50. The average molecular weight is 228 g/mol. The maximum atomic E-state index is 5.75. The van der Waals surface area contributed by atoms with E-state index in [4.69, 9.17) is 1.37 Å². The molecule has 0 heterocycles. The highest BCUT2D eigenvalue weighted by atomic mass is 13.9. The Morgan fingerprint density at radius 1 is 0.706 bits per heavy atom. The van der Waals surface area contributed by atoms with E-state index in [1.165, 1.54) is 18.5 Å². The Morgan fingerprint density at radius 2 is 1.00 bits per heavy atom. The molecule has 2 aromatic carbocycles. The van der Waals surface area contributed by atoms with Crippen molar-refractivity contribution in [2.24, 2.45) is 0 Å². The molecule has 0 spiro atoms. The first-order chi connectivity index (χ1) is 8.95. The highest BCUT2D eigenvalue weighted by molar-refractivity contribution is 5.69. The van der Waals surface area contributed by atoms with Crippen LogP contribution < -0.4 is 0 Å². The zero-order valence-corrected chi connectivity index (χ0v) is 10.9. The third-order valence-electron chi connectivity index (χ3n) is 2.07. The van der Waals surface area contributed by atoms with Gasteiger partial charge in [0.25, 0.3) is 0 Å². The van der Waals surface area contributed by atoms with Gasteiger partial charge >= 0.3 is 0 Å². The van der Waals surface area contributed by atoms with Crippen LogP contribution >= 0.6 is 0 Å². The van der Waals surface area contributed by atoms with Crippen LogP contribution in [0.15, 0.2) is 60.7 Å². The Morgan fingerprint density at radius 3 is 1.29 bits per heavy atom. The van der Waals surface area contributed by atoms with Gasteiger partial charge in [0.05, 0.1) is 0 Å². The molecule has 0 saturated carbocycles. The zero-order valence-electron chi connectivity index (χ0n) is 11.9. The van der Waals surface area contributed by atoms with Crippen molar-refractivity contribution in [3.8, 4) is 0 Å². The largest absolute Gasteiger partial charge is 0.0776 e. The molecule has 0 fully saturated rings. The lowest BCUT2D eigenvalue weighted by atomic mass is 10.1. The summed E-state index contributed by atoms with van der Waals surface area (Å²) in [5.74, 6) is 0. The molecular weight excluding hydrogens is 204 g/mol.